The molecule has 0 aliphatic heterocycles. The molecule has 0 aliphatic carbocycles. The van der Waals surface area contributed by atoms with Gasteiger partial charge in [0, 0.05) is 22.8 Å². The average molecular weight is 452 g/mol. The number of hydrogen-bond donors (Lipinski definition) is 2. The zero-order valence-electron chi connectivity index (χ0n) is 16.8. The number of aliphatic hydroxyl groups is 2. The van der Waals surface area contributed by atoms with Crippen LogP contribution in [0, 0.1) is 5.82 Å². The fourth-order valence-corrected chi connectivity index (χ4v) is 3.23. The van der Waals surface area contributed by atoms with Crippen LogP contribution in [0.25, 0.3) is 18.0 Å². The summed E-state index contributed by atoms with van der Waals surface area (Å²) in [7, 11) is 0. The van der Waals surface area contributed by atoms with E-state index in [1.807, 2.05) is 24.3 Å². The lowest BCUT2D eigenvalue weighted by Crippen LogP contribution is -2.07. The lowest BCUT2D eigenvalue weighted by molar-refractivity contribution is -0.0425. The van der Waals surface area contributed by atoms with Crippen molar-refractivity contribution in [1.29, 1.82) is 0 Å². The summed E-state index contributed by atoms with van der Waals surface area (Å²) in [4.78, 5) is 4.22. The Morgan fingerprint density at radius 2 is 1.81 bits per heavy atom. The van der Waals surface area contributed by atoms with Crippen LogP contribution in [-0.4, -0.2) is 25.0 Å². The molecule has 2 aromatic heterocycles. The molecule has 4 aromatic rings. The van der Waals surface area contributed by atoms with Gasteiger partial charge in [-0.15, -0.1) is 0 Å². The second-order valence-corrected chi connectivity index (χ2v) is 7.36. The van der Waals surface area contributed by atoms with E-state index in [0.29, 0.717) is 22.3 Å². The van der Waals surface area contributed by atoms with Crippen molar-refractivity contribution in [2.24, 2.45) is 0 Å². The molecule has 2 aromatic carbocycles. The van der Waals surface area contributed by atoms with Gasteiger partial charge in [0.2, 0.25) is 5.88 Å². The number of ether oxygens (including phenoxy) is 1. The van der Waals surface area contributed by atoms with Gasteiger partial charge in [-0.25, -0.2) is 9.37 Å². The number of pyridine rings is 1. The van der Waals surface area contributed by atoms with Crippen molar-refractivity contribution in [3.05, 3.63) is 106 Å². The highest BCUT2D eigenvalue weighted by atomic mass is 35.5. The topological polar surface area (TPSA) is 80.4 Å². The summed E-state index contributed by atoms with van der Waals surface area (Å²) in [5.41, 5.74) is 2.89. The molecule has 0 aliphatic rings. The van der Waals surface area contributed by atoms with E-state index in [0.717, 1.165) is 16.7 Å². The minimum Gasteiger partial charge on any atom is -0.473 e. The van der Waals surface area contributed by atoms with Gasteiger partial charge in [-0.3, -0.25) is 0 Å². The summed E-state index contributed by atoms with van der Waals surface area (Å²) >= 11 is 6.18. The van der Waals surface area contributed by atoms with Crippen molar-refractivity contribution in [2.75, 3.05) is 0 Å². The van der Waals surface area contributed by atoms with Crippen molar-refractivity contribution in [3.8, 4) is 11.7 Å². The summed E-state index contributed by atoms with van der Waals surface area (Å²) in [5.74, 6) is 0.540. The van der Waals surface area contributed by atoms with E-state index >= 15 is 0 Å². The number of aromatic nitrogens is 3. The molecule has 0 amide bonds. The first-order valence-electron chi connectivity index (χ1n) is 9.71. The maximum Gasteiger partial charge on any atom is 0.218 e. The van der Waals surface area contributed by atoms with Crippen molar-refractivity contribution < 1.29 is 19.3 Å². The molecule has 0 saturated carbocycles. The zero-order valence-corrected chi connectivity index (χ0v) is 17.5. The normalized spacial score (nSPS) is 11.4. The number of rotatable bonds is 7. The molecule has 0 spiro atoms. The van der Waals surface area contributed by atoms with E-state index in [2.05, 4.69) is 10.1 Å². The molecule has 32 heavy (non-hydrogen) atoms. The van der Waals surface area contributed by atoms with Gasteiger partial charge in [-0.05, 0) is 53.1 Å². The molecule has 2 heterocycles. The van der Waals surface area contributed by atoms with E-state index in [1.165, 1.54) is 35.1 Å². The molecule has 6 nitrogen and oxygen atoms in total. The Morgan fingerprint density at radius 1 is 1.00 bits per heavy atom. The summed E-state index contributed by atoms with van der Waals surface area (Å²) in [6, 6.07) is 16.4. The molecule has 162 valence electrons. The van der Waals surface area contributed by atoms with E-state index in [-0.39, 0.29) is 12.4 Å². The average Bonchev–Trinajstić information content (AvgIpc) is 3.27. The maximum absolute atomic E-state index is 13.1. The lowest BCUT2D eigenvalue weighted by atomic mass is 10.1. The van der Waals surface area contributed by atoms with Gasteiger partial charge in [-0.2, -0.15) is 9.78 Å². The van der Waals surface area contributed by atoms with Crippen molar-refractivity contribution >= 4 is 23.8 Å². The van der Waals surface area contributed by atoms with Crippen LogP contribution in [0.15, 0.2) is 73.1 Å². The first kappa shape index (κ1) is 21.7. The monoisotopic (exact) mass is 451 g/mol. The minimum atomic E-state index is -1.61. The van der Waals surface area contributed by atoms with Gasteiger partial charge < -0.3 is 14.9 Å². The molecule has 0 bridgehead atoms. The SMILES string of the molecule is OC(O)c1ccnc(-n2nccc2OCc2ccc(Cl)cc2/C=C/c2ccc(F)cc2)c1. The lowest BCUT2D eigenvalue weighted by Gasteiger charge is -2.12. The van der Waals surface area contributed by atoms with Gasteiger partial charge in [0.25, 0.3) is 0 Å². The Morgan fingerprint density at radius 3 is 2.59 bits per heavy atom. The Bertz CT molecular complexity index is 1240. The van der Waals surface area contributed by atoms with Crippen LogP contribution < -0.4 is 4.74 Å². The van der Waals surface area contributed by atoms with E-state index in [9.17, 15) is 14.6 Å². The first-order chi connectivity index (χ1) is 15.5. The zero-order chi connectivity index (χ0) is 22.5. The smallest absolute Gasteiger partial charge is 0.218 e. The molecule has 4 rings (SSSR count). The molecule has 0 unspecified atom stereocenters. The number of hydrogen-bond acceptors (Lipinski definition) is 5. The van der Waals surface area contributed by atoms with Crippen molar-refractivity contribution in [1.82, 2.24) is 14.8 Å². The minimum absolute atomic E-state index is 0.230. The standard InChI is InChI=1S/C24H19ClFN3O3/c25-20-6-5-19(17(13-20)4-1-16-2-7-21(26)8-3-16)15-32-23-10-12-28-29(23)22-14-18(24(30)31)9-11-27-22/h1-14,24,30-31H,15H2/b4-1+. The van der Waals surface area contributed by atoms with Crippen LogP contribution >= 0.6 is 11.6 Å². The molecular weight excluding hydrogens is 433 g/mol. The van der Waals surface area contributed by atoms with Gasteiger partial charge in [-0.1, -0.05) is 42.0 Å². The van der Waals surface area contributed by atoms with Crippen LogP contribution in [0.5, 0.6) is 5.88 Å². The Hall–Kier alpha value is -3.52. The quantitative estimate of drug-likeness (QED) is 0.312. The highest BCUT2D eigenvalue weighted by molar-refractivity contribution is 6.30. The summed E-state index contributed by atoms with van der Waals surface area (Å²) in [6.07, 6.45) is 5.18. The second-order valence-electron chi connectivity index (χ2n) is 6.92. The van der Waals surface area contributed by atoms with Crippen LogP contribution in [0.3, 0.4) is 0 Å². The van der Waals surface area contributed by atoms with E-state index < -0.39 is 6.29 Å². The third-order valence-corrected chi connectivity index (χ3v) is 4.94. The van der Waals surface area contributed by atoms with Crippen LogP contribution in [0.4, 0.5) is 4.39 Å². The maximum atomic E-state index is 13.1. The molecule has 0 atom stereocenters. The molecule has 0 radical (unpaired) electrons. The third-order valence-electron chi connectivity index (χ3n) is 4.70. The third kappa shape index (κ3) is 5.20. The van der Waals surface area contributed by atoms with Crippen LogP contribution in [0.2, 0.25) is 5.02 Å². The highest BCUT2D eigenvalue weighted by Gasteiger charge is 2.11. The van der Waals surface area contributed by atoms with Crippen LogP contribution in [-0.2, 0) is 6.61 Å². The molecule has 0 fully saturated rings. The Kier molecular flexibility index (Phi) is 6.61. The number of benzene rings is 2. The van der Waals surface area contributed by atoms with Gasteiger partial charge in [0.15, 0.2) is 12.1 Å². The molecule has 2 N–H and O–H groups in total. The molecular formula is C24H19ClFN3O3. The Balaban J connectivity index is 1.55. The van der Waals surface area contributed by atoms with Crippen LogP contribution in [0.1, 0.15) is 28.5 Å². The largest absolute Gasteiger partial charge is 0.473 e. The van der Waals surface area contributed by atoms with Gasteiger partial charge in [0.05, 0.1) is 6.20 Å². The Labute approximate surface area is 188 Å². The number of aliphatic hydroxyl groups excluding tert-OH is 1. The van der Waals surface area contributed by atoms with Crippen molar-refractivity contribution in [2.45, 2.75) is 12.9 Å². The fraction of sp³-hybridized carbons (Fsp3) is 0.0833. The predicted octanol–water partition coefficient (Wildman–Crippen LogP) is 4.79. The fourth-order valence-electron chi connectivity index (χ4n) is 3.05. The summed E-state index contributed by atoms with van der Waals surface area (Å²) in [5, 5.41) is 23.6. The molecule has 8 heteroatoms. The van der Waals surface area contributed by atoms with E-state index in [4.69, 9.17) is 16.3 Å². The summed E-state index contributed by atoms with van der Waals surface area (Å²) < 4.78 is 20.6. The van der Waals surface area contributed by atoms with E-state index in [1.54, 1.807) is 30.5 Å². The van der Waals surface area contributed by atoms with Gasteiger partial charge >= 0.3 is 0 Å². The molecule has 0 saturated heterocycles. The first-order valence-corrected chi connectivity index (χ1v) is 10.1. The second kappa shape index (κ2) is 9.74. The number of nitrogens with zero attached hydrogens (tertiary/aromatic N) is 3. The predicted molar refractivity (Wildman–Crippen MR) is 120 cm³/mol. The van der Waals surface area contributed by atoms with Gasteiger partial charge in [0.1, 0.15) is 12.4 Å². The number of halogens is 2. The highest BCUT2D eigenvalue weighted by Crippen LogP contribution is 2.23. The van der Waals surface area contributed by atoms with Crippen molar-refractivity contribution in [3.63, 3.8) is 0 Å². The summed E-state index contributed by atoms with van der Waals surface area (Å²) in [6.45, 7) is 0.230.